The maximum atomic E-state index is 10.1. The molecule has 0 unspecified atom stereocenters. The van der Waals surface area contributed by atoms with Gasteiger partial charge in [0, 0.05) is 12.6 Å². The normalized spacial score (nSPS) is 15.1. The van der Waals surface area contributed by atoms with Crippen molar-refractivity contribution in [2.75, 3.05) is 25.4 Å². The zero-order chi connectivity index (χ0) is 22.0. The van der Waals surface area contributed by atoms with E-state index >= 15 is 0 Å². The van der Waals surface area contributed by atoms with Crippen molar-refractivity contribution >= 4 is 16.9 Å². The summed E-state index contributed by atoms with van der Waals surface area (Å²) in [6.07, 6.45) is 2.15. The third-order valence-electron chi connectivity index (χ3n) is 5.17. The summed E-state index contributed by atoms with van der Waals surface area (Å²) < 4.78 is 12.8. The van der Waals surface area contributed by atoms with Crippen molar-refractivity contribution in [3.63, 3.8) is 0 Å². The molecule has 10 nitrogen and oxygen atoms in total. The predicted molar refractivity (Wildman–Crippen MR) is 115 cm³/mol. The predicted octanol–water partition coefficient (Wildman–Crippen LogP) is 1.58. The summed E-state index contributed by atoms with van der Waals surface area (Å²) in [5.41, 5.74) is 6.87. The smallest absolute Gasteiger partial charge is 0.216 e. The Morgan fingerprint density at radius 2 is 2.10 bits per heavy atom. The number of aliphatic hydroxyl groups is 1. The Hall–Kier alpha value is -3.16. The number of piperidine rings is 1. The number of aryl methyl sites for hydroxylation is 1. The monoisotopic (exact) mass is 425 g/mol. The Bertz CT molecular complexity index is 1130. The van der Waals surface area contributed by atoms with Crippen LogP contribution in [0.1, 0.15) is 39.3 Å². The largest absolute Gasteiger partial charge is 0.477 e. The van der Waals surface area contributed by atoms with E-state index in [9.17, 15) is 5.11 Å². The van der Waals surface area contributed by atoms with Crippen LogP contribution in [0.4, 0.5) is 5.82 Å². The van der Waals surface area contributed by atoms with E-state index in [4.69, 9.17) is 15.1 Å². The lowest BCUT2D eigenvalue weighted by molar-refractivity contribution is 0.143. The number of nitrogens with one attached hydrogen (secondary N) is 1. The van der Waals surface area contributed by atoms with Crippen molar-refractivity contribution in [3.8, 4) is 29.2 Å². The molecule has 0 bridgehead atoms. The van der Waals surface area contributed by atoms with E-state index in [1.54, 1.807) is 13.8 Å². The second-order valence-corrected chi connectivity index (χ2v) is 8.17. The molecular weight excluding hydrogens is 398 g/mol. The number of hydrogen-bond donors (Lipinski definition) is 3. The zero-order valence-corrected chi connectivity index (χ0v) is 18.0. The minimum Gasteiger partial charge on any atom is -0.477 e. The molecule has 1 aliphatic rings. The van der Waals surface area contributed by atoms with E-state index in [0.717, 1.165) is 31.4 Å². The van der Waals surface area contributed by atoms with Gasteiger partial charge >= 0.3 is 0 Å². The molecule has 10 heteroatoms. The van der Waals surface area contributed by atoms with Gasteiger partial charge in [-0.05, 0) is 68.9 Å². The van der Waals surface area contributed by atoms with E-state index in [2.05, 4.69) is 37.4 Å². The lowest BCUT2D eigenvalue weighted by Gasteiger charge is -2.22. The number of pyridine rings is 1. The lowest BCUT2D eigenvalue weighted by Crippen LogP contribution is -2.30. The average Bonchev–Trinajstić information content (AvgIpc) is 3.33. The number of aromatic nitrogens is 5. The summed E-state index contributed by atoms with van der Waals surface area (Å²) in [5, 5.41) is 21.0. The Kier molecular flexibility index (Phi) is 5.80. The van der Waals surface area contributed by atoms with E-state index in [1.165, 1.54) is 0 Å². The van der Waals surface area contributed by atoms with E-state index in [1.807, 2.05) is 17.6 Å². The van der Waals surface area contributed by atoms with Gasteiger partial charge in [0.05, 0.1) is 12.1 Å². The van der Waals surface area contributed by atoms with Crippen molar-refractivity contribution in [3.05, 3.63) is 11.8 Å². The first-order chi connectivity index (χ1) is 14.9. The highest BCUT2D eigenvalue weighted by Gasteiger charge is 2.22. The van der Waals surface area contributed by atoms with Crippen molar-refractivity contribution in [2.24, 2.45) is 5.92 Å². The third kappa shape index (κ3) is 4.62. The van der Waals surface area contributed by atoms with Gasteiger partial charge in [0.15, 0.2) is 17.3 Å². The molecule has 4 N–H and O–H groups in total. The maximum absolute atomic E-state index is 10.1. The van der Waals surface area contributed by atoms with Crippen molar-refractivity contribution in [1.29, 1.82) is 0 Å². The second-order valence-electron chi connectivity index (χ2n) is 8.17. The van der Waals surface area contributed by atoms with Crippen LogP contribution in [-0.2, 0) is 6.54 Å². The Morgan fingerprint density at radius 1 is 1.32 bits per heavy atom. The van der Waals surface area contributed by atoms with Crippen molar-refractivity contribution in [1.82, 2.24) is 30.2 Å². The number of ether oxygens (including phenoxy) is 1. The summed E-state index contributed by atoms with van der Waals surface area (Å²) in [6, 6.07) is 1.86. The molecule has 0 aromatic carbocycles. The zero-order valence-electron chi connectivity index (χ0n) is 18.0. The van der Waals surface area contributed by atoms with Crippen LogP contribution in [0.5, 0.6) is 5.88 Å². The fourth-order valence-electron chi connectivity index (χ4n) is 3.57. The fraction of sp³-hybridized carbons (Fsp3) is 0.524. The molecule has 164 valence electrons. The summed E-state index contributed by atoms with van der Waals surface area (Å²) in [5.74, 6) is 7.40. The topological polar surface area (TPSA) is 137 Å². The Labute approximate surface area is 180 Å². The molecule has 3 aromatic heterocycles. The quantitative estimate of drug-likeness (QED) is 0.520. The van der Waals surface area contributed by atoms with Crippen LogP contribution < -0.4 is 15.8 Å². The SMILES string of the molecule is CCn1c(-c2nonc2N)nc2c(C#CC(C)(C)O)nc(OCC3CCNCC3)cc21. The molecule has 0 radical (unpaired) electrons. The Morgan fingerprint density at radius 3 is 2.74 bits per heavy atom. The van der Waals surface area contributed by atoms with Crippen LogP contribution in [0, 0.1) is 17.8 Å². The van der Waals surface area contributed by atoms with Gasteiger partial charge in [-0.2, -0.15) is 0 Å². The minimum absolute atomic E-state index is 0.157. The van der Waals surface area contributed by atoms with Gasteiger partial charge in [0.1, 0.15) is 16.8 Å². The molecule has 0 aliphatic carbocycles. The highest BCUT2D eigenvalue weighted by Crippen LogP contribution is 2.30. The van der Waals surface area contributed by atoms with Gasteiger partial charge in [-0.25, -0.2) is 14.6 Å². The molecule has 1 saturated heterocycles. The number of fused-ring (bicyclic) bond motifs is 1. The van der Waals surface area contributed by atoms with Gasteiger partial charge < -0.3 is 25.5 Å². The first-order valence-electron chi connectivity index (χ1n) is 10.4. The molecule has 0 atom stereocenters. The molecule has 4 rings (SSSR count). The van der Waals surface area contributed by atoms with Crippen LogP contribution in [-0.4, -0.2) is 55.3 Å². The molecule has 0 spiro atoms. The summed E-state index contributed by atoms with van der Waals surface area (Å²) in [6.45, 7) is 8.43. The summed E-state index contributed by atoms with van der Waals surface area (Å²) in [7, 11) is 0. The summed E-state index contributed by atoms with van der Waals surface area (Å²) in [4.78, 5) is 9.28. The number of nitrogens with two attached hydrogens (primary N) is 1. The third-order valence-corrected chi connectivity index (χ3v) is 5.17. The summed E-state index contributed by atoms with van der Waals surface area (Å²) >= 11 is 0. The number of hydrogen-bond acceptors (Lipinski definition) is 9. The molecule has 31 heavy (non-hydrogen) atoms. The molecule has 0 amide bonds. The second kappa shape index (κ2) is 8.53. The molecule has 1 aliphatic heterocycles. The first-order valence-corrected chi connectivity index (χ1v) is 10.4. The van der Waals surface area contributed by atoms with Crippen molar-refractivity contribution in [2.45, 2.75) is 45.8 Å². The fourth-order valence-corrected chi connectivity index (χ4v) is 3.57. The van der Waals surface area contributed by atoms with E-state index in [0.29, 0.717) is 47.7 Å². The Balaban J connectivity index is 1.79. The van der Waals surface area contributed by atoms with E-state index in [-0.39, 0.29) is 5.82 Å². The van der Waals surface area contributed by atoms with Gasteiger partial charge in [-0.1, -0.05) is 5.92 Å². The van der Waals surface area contributed by atoms with Crippen LogP contribution in [0.25, 0.3) is 22.6 Å². The van der Waals surface area contributed by atoms with Gasteiger partial charge in [-0.15, -0.1) is 0 Å². The van der Waals surface area contributed by atoms with Gasteiger partial charge in [0.2, 0.25) is 5.88 Å². The molecule has 0 saturated carbocycles. The maximum Gasteiger partial charge on any atom is 0.216 e. The molecule has 4 heterocycles. The highest BCUT2D eigenvalue weighted by molar-refractivity contribution is 5.86. The van der Waals surface area contributed by atoms with Crippen molar-refractivity contribution < 1.29 is 14.5 Å². The highest BCUT2D eigenvalue weighted by atomic mass is 16.6. The van der Waals surface area contributed by atoms with Gasteiger partial charge in [-0.3, -0.25) is 0 Å². The standard InChI is InChI=1S/C21H27N7O3/c1-4-28-15-11-16(30-12-13-6-9-23-10-7-13)24-14(5-8-21(2,3)29)17(15)25-20(28)18-19(22)27-31-26-18/h11,13,23,29H,4,6-7,9-10,12H2,1-3H3,(H2,22,27). The number of nitrogens with zero attached hydrogens (tertiary/aromatic N) is 5. The number of rotatable bonds is 5. The number of imidazole rings is 1. The average molecular weight is 425 g/mol. The van der Waals surface area contributed by atoms with Crippen LogP contribution in [0.15, 0.2) is 10.7 Å². The lowest BCUT2D eigenvalue weighted by atomic mass is 9.99. The number of nitrogen functional groups attached to an aromatic ring is 1. The van der Waals surface area contributed by atoms with Crippen LogP contribution in [0.3, 0.4) is 0 Å². The first kappa shape index (κ1) is 21.1. The minimum atomic E-state index is -1.17. The molecule has 1 fully saturated rings. The number of anilines is 1. The van der Waals surface area contributed by atoms with E-state index < -0.39 is 5.60 Å². The molecular formula is C21H27N7O3. The van der Waals surface area contributed by atoms with Gasteiger partial charge in [0.25, 0.3) is 0 Å². The van der Waals surface area contributed by atoms with Crippen LogP contribution >= 0.6 is 0 Å². The van der Waals surface area contributed by atoms with Crippen LogP contribution in [0.2, 0.25) is 0 Å². The molecule has 3 aromatic rings.